The van der Waals surface area contributed by atoms with E-state index in [9.17, 15) is 9.18 Å². The average molecular weight is 260 g/mol. The molecule has 0 aliphatic rings. The number of nitrogens with zero attached hydrogens (tertiary/aromatic N) is 2. The molecule has 0 saturated carbocycles. The number of carbonyl (C=O) groups is 1. The van der Waals surface area contributed by atoms with Gasteiger partial charge in [-0.15, -0.1) is 0 Å². The minimum absolute atomic E-state index is 0.0570. The van der Waals surface area contributed by atoms with Crippen LogP contribution in [0.15, 0.2) is 42.6 Å². The standard InChI is InChI=1S/C14H13FN2O2/c1-17(9-11-4-2-3-7-16-11)13-6-5-10(15)8-12(13)14(18)19/h2-8H,9H2,1H3,(H,18,19). The molecule has 0 unspecified atom stereocenters. The van der Waals surface area contributed by atoms with Crippen molar-refractivity contribution in [3.8, 4) is 0 Å². The summed E-state index contributed by atoms with van der Waals surface area (Å²) in [6.07, 6.45) is 1.67. The van der Waals surface area contributed by atoms with Gasteiger partial charge >= 0.3 is 5.97 Å². The van der Waals surface area contributed by atoms with Crippen molar-refractivity contribution in [2.45, 2.75) is 6.54 Å². The first kappa shape index (κ1) is 13.0. The number of anilines is 1. The Morgan fingerprint density at radius 1 is 1.37 bits per heavy atom. The highest BCUT2D eigenvalue weighted by atomic mass is 19.1. The maximum atomic E-state index is 13.1. The quantitative estimate of drug-likeness (QED) is 0.917. The lowest BCUT2D eigenvalue weighted by molar-refractivity contribution is 0.0697. The summed E-state index contributed by atoms with van der Waals surface area (Å²) < 4.78 is 13.1. The predicted molar refractivity (Wildman–Crippen MR) is 69.7 cm³/mol. The summed E-state index contributed by atoms with van der Waals surface area (Å²) in [6, 6.07) is 9.24. The number of hydrogen-bond acceptors (Lipinski definition) is 3. The van der Waals surface area contributed by atoms with Crippen molar-refractivity contribution in [2.24, 2.45) is 0 Å². The van der Waals surface area contributed by atoms with Crippen LogP contribution in [0, 0.1) is 5.82 Å². The van der Waals surface area contributed by atoms with Gasteiger partial charge in [0.1, 0.15) is 5.82 Å². The van der Waals surface area contributed by atoms with Gasteiger partial charge < -0.3 is 10.0 Å². The zero-order valence-corrected chi connectivity index (χ0v) is 10.4. The van der Waals surface area contributed by atoms with Crippen LogP contribution in [0.4, 0.5) is 10.1 Å². The van der Waals surface area contributed by atoms with Crippen molar-refractivity contribution < 1.29 is 14.3 Å². The molecule has 0 fully saturated rings. The Morgan fingerprint density at radius 2 is 2.16 bits per heavy atom. The fourth-order valence-electron chi connectivity index (χ4n) is 1.83. The largest absolute Gasteiger partial charge is 0.478 e. The number of hydrogen-bond donors (Lipinski definition) is 1. The molecule has 1 aromatic heterocycles. The topological polar surface area (TPSA) is 53.4 Å². The number of aromatic carboxylic acids is 1. The molecule has 0 atom stereocenters. The summed E-state index contributed by atoms with van der Waals surface area (Å²) in [7, 11) is 1.74. The third kappa shape index (κ3) is 3.07. The number of rotatable bonds is 4. The number of carboxylic acids is 1. The van der Waals surface area contributed by atoms with Crippen LogP contribution >= 0.6 is 0 Å². The van der Waals surface area contributed by atoms with Gasteiger partial charge in [-0.2, -0.15) is 0 Å². The lowest BCUT2D eigenvalue weighted by atomic mass is 10.1. The van der Waals surface area contributed by atoms with Crippen molar-refractivity contribution in [3.63, 3.8) is 0 Å². The van der Waals surface area contributed by atoms with E-state index in [1.54, 1.807) is 18.1 Å². The number of carboxylic acid groups (broad SMARTS) is 1. The first-order valence-electron chi connectivity index (χ1n) is 5.72. The van der Waals surface area contributed by atoms with Crippen LogP contribution in [0.5, 0.6) is 0 Å². The second kappa shape index (κ2) is 5.48. The molecule has 5 heteroatoms. The van der Waals surface area contributed by atoms with Crippen molar-refractivity contribution in [1.29, 1.82) is 0 Å². The second-order valence-electron chi connectivity index (χ2n) is 4.14. The highest BCUT2D eigenvalue weighted by molar-refractivity contribution is 5.94. The third-order valence-corrected chi connectivity index (χ3v) is 2.73. The van der Waals surface area contributed by atoms with E-state index < -0.39 is 11.8 Å². The SMILES string of the molecule is CN(Cc1ccccn1)c1ccc(F)cc1C(=O)O. The highest BCUT2D eigenvalue weighted by Crippen LogP contribution is 2.22. The van der Waals surface area contributed by atoms with Gasteiger partial charge in [0.25, 0.3) is 0 Å². The van der Waals surface area contributed by atoms with Gasteiger partial charge in [0.2, 0.25) is 0 Å². The molecule has 0 amide bonds. The van der Waals surface area contributed by atoms with Gasteiger partial charge in [-0.1, -0.05) is 6.07 Å². The Hall–Kier alpha value is -2.43. The van der Waals surface area contributed by atoms with Gasteiger partial charge in [-0.25, -0.2) is 9.18 Å². The van der Waals surface area contributed by atoms with Crippen LogP contribution in [0.1, 0.15) is 16.1 Å². The Kier molecular flexibility index (Phi) is 3.75. The molecular formula is C14H13FN2O2. The van der Waals surface area contributed by atoms with Crippen LogP contribution in [0.25, 0.3) is 0 Å². The van der Waals surface area contributed by atoms with E-state index >= 15 is 0 Å². The van der Waals surface area contributed by atoms with E-state index in [-0.39, 0.29) is 5.56 Å². The molecule has 1 N–H and O–H groups in total. The number of halogens is 1. The number of benzene rings is 1. The van der Waals surface area contributed by atoms with Crippen LogP contribution in [0.3, 0.4) is 0 Å². The molecule has 2 rings (SSSR count). The predicted octanol–water partition coefficient (Wildman–Crippen LogP) is 2.56. The normalized spacial score (nSPS) is 10.2. The first-order valence-corrected chi connectivity index (χ1v) is 5.72. The van der Waals surface area contributed by atoms with Crippen molar-refractivity contribution in [2.75, 3.05) is 11.9 Å². The molecule has 2 aromatic rings. The lowest BCUT2D eigenvalue weighted by Crippen LogP contribution is -2.20. The first-order chi connectivity index (χ1) is 9.08. The molecule has 0 aliphatic carbocycles. The van der Waals surface area contributed by atoms with Crippen molar-refractivity contribution >= 4 is 11.7 Å². The maximum Gasteiger partial charge on any atom is 0.337 e. The summed E-state index contributed by atoms with van der Waals surface area (Å²) in [5.41, 5.74) is 1.21. The van der Waals surface area contributed by atoms with Gasteiger partial charge in [-0.3, -0.25) is 4.98 Å². The Morgan fingerprint density at radius 3 is 2.79 bits per heavy atom. The maximum absolute atomic E-state index is 13.1. The van der Waals surface area contributed by atoms with Crippen molar-refractivity contribution in [3.05, 3.63) is 59.7 Å². The summed E-state index contributed by atoms with van der Waals surface area (Å²) in [5.74, 6) is -1.71. The van der Waals surface area contributed by atoms with E-state index in [0.717, 1.165) is 11.8 Å². The molecule has 98 valence electrons. The summed E-state index contributed by atoms with van der Waals surface area (Å²) in [5, 5.41) is 9.10. The van der Waals surface area contributed by atoms with E-state index in [1.807, 2.05) is 18.2 Å². The van der Waals surface area contributed by atoms with E-state index in [2.05, 4.69) is 4.98 Å². The van der Waals surface area contributed by atoms with Crippen LogP contribution in [-0.2, 0) is 6.54 Å². The molecule has 0 bridgehead atoms. The minimum atomic E-state index is -1.15. The monoisotopic (exact) mass is 260 g/mol. The Bertz CT molecular complexity index is 587. The van der Waals surface area contributed by atoms with Gasteiger partial charge in [0, 0.05) is 13.2 Å². The van der Waals surface area contributed by atoms with Crippen LogP contribution in [0.2, 0.25) is 0 Å². The fraction of sp³-hybridized carbons (Fsp3) is 0.143. The van der Waals surface area contributed by atoms with E-state index in [4.69, 9.17) is 5.11 Å². The Labute approximate surface area is 110 Å². The summed E-state index contributed by atoms with van der Waals surface area (Å²) in [4.78, 5) is 17.0. The Balaban J connectivity index is 2.28. The van der Waals surface area contributed by atoms with Gasteiger partial charge in [0.05, 0.1) is 23.5 Å². The zero-order chi connectivity index (χ0) is 13.8. The molecule has 19 heavy (non-hydrogen) atoms. The molecule has 0 aliphatic heterocycles. The van der Waals surface area contributed by atoms with Crippen LogP contribution in [-0.4, -0.2) is 23.1 Å². The van der Waals surface area contributed by atoms with Crippen LogP contribution < -0.4 is 4.90 Å². The molecule has 0 spiro atoms. The van der Waals surface area contributed by atoms with E-state index in [1.165, 1.54) is 12.1 Å². The molecule has 1 aromatic carbocycles. The van der Waals surface area contributed by atoms with Crippen molar-refractivity contribution in [1.82, 2.24) is 4.98 Å². The molecule has 1 heterocycles. The summed E-state index contributed by atoms with van der Waals surface area (Å²) >= 11 is 0. The molecule has 4 nitrogen and oxygen atoms in total. The highest BCUT2D eigenvalue weighted by Gasteiger charge is 2.15. The lowest BCUT2D eigenvalue weighted by Gasteiger charge is -2.20. The van der Waals surface area contributed by atoms with E-state index in [0.29, 0.717) is 12.2 Å². The second-order valence-corrected chi connectivity index (χ2v) is 4.14. The molecule has 0 saturated heterocycles. The molecule has 0 radical (unpaired) electrons. The summed E-state index contributed by atoms with van der Waals surface area (Å²) in [6.45, 7) is 0.451. The average Bonchev–Trinajstić information content (AvgIpc) is 2.39. The third-order valence-electron chi connectivity index (χ3n) is 2.73. The molecular weight excluding hydrogens is 247 g/mol. The zero-order valence-electron chi connectivity index (χ0n) is 10.4. The van der Waals surface area contributed by atoms with Gasteiger partial charge in [-0.05, 0) is 30.3 Å². The number of aromatic nitrogens is 1. The number of pyridine rings is 1. The smallest absolute Gasteiger partial charge is 0.337 e. The minimum Gasteiger partial charge on any atom is -0.478 e. The van der Waals surface area contributed by atoms with Gasteiger partial charge in [0.15, 0.2) is 0 Å². The fourth-order valence-corrected chi connectivity index (χ4v) is 1.83.